The van der Waals surface area contributed by atoms with Crippen molar-refractivity contribution in [3.8, 4) is 0 Å². The van der Waals surface area contributed by atoms with Gasteiger partial charge in [0.15, 0.2) is 5.96 Å². The van der Waals surface area contributed by atoms with Gasteiger partial charge in [0.1, 0.15) is 0 Å². The number of hydrogen-bond acceptors (Lipinski definition) is 3. The molecule has 0 spiro atoms. The van der Waals surface area contributed by atoms with Gasteiger partial charge in [-0.2, -0.15) is 11.8 Å². The maximum absolute atomic E-state index is 5.97. The number of nitrogens with zero attached hydrogens (tertiary/aromatic N) is 1. The van der Waals surface area contributed by atoms with Gasteiger partial charge >= 0.3 is 0 Å². The van der Waals surface area contributed by atoms with Crippen molar-refractivity contribution in [2.24, 2.45) is 10.7 Å². The number of nitrogens with one attached hydrogen (secondary N) is 1. The molecule has 6 heteroatoms. The second kappa shape index (κ2) is 13.7. The van der Waals surface area contributed by atoms with E-state index in [2.05, 4.69) is 23.5 Å². The van der Waals surface area contributed by atoms with Crippen LogP contribution in [0.4, 0.5) is 0 Å². The molecule has 0 aromatic rings. The average Bonchev–Trinajstić information content (AvgIpc) is 2.53. The molecule has 0 radical (unpaired) electrons. The Kier molecular flexibility index (Phi) is 13.9. The number of aliphatic imine (C=N–C) groups is 1. The summed E-state index contributed by atoms with van der Waals surface area (Å²) < 4.78 is 5.67. The van der Waals surface area contributed by atoms with Crippen molar-refractivity contribution in [2.75, 3.05) is 32.6 Å². The lowest BCUT2D eigenvalue weighted by molar-refractivity contribution is 0.0794. The summed E-state index contributed by atoms with van der Waals surface area (Å²) in [5.41, 5.74) is 5.97. The van der Waals surface area contributed by atoms with E-state index in [1.54, 1.807) is 0 Å². The van der Waals surface area contributed by atoms with Gasteiger partial charge in [-0.1, -0.05) is 39.0 Å². The van der Waals surface area contributed by atoms with Crippen molar-refractivity contribution in [1.82, 2.24) is 5.32 Å². The van der Waals surface area contributed by atoms with E-state index in [4.69, 9.17) is 10.5 Å². The molecule has 0 amide bonds. The first-order valence-electron chi connectivity index (χ1n) is 8.39. The Morgan fingerprint density at radius 2 is 1.82 bits per heavy atom. The molecule has 0 atom stereocenters. The molecule has 1 fully saturated rings. The number of hydrogen-bond donors (Lipinski definition) is 2. The lowest BCUT2D eigenvalue weighted by Crippen LogP contribution is -2.39. The van der Waals surface area contributed by atoms with E-state index in [1.165, 1.54) is 38.5 Å². The summed E-state index contributed by atoms with van der Waals surface area (Å²) in [4.78, 5) is 4.54. The van der Waals surface area contributed by atoms with Gasteiger partial charge in [0.2, 0.25) is 0 Å². The molecule has 1 heterocycles. The topological polar surface area (TPSA) is 59.6 Å². The summed E-state index contributed by atoms with van der Waals surface area (Å²) in [7, 11) is 0. The van der Waals surface area contributed by atoms with Gasteiger partial charge < -0.3 is 15.8 Å². The minimum absolute atomic E-state index is 0. The zero-order valence-corrected chi connectivity index (χ0v) is 17.4. The van der Waals surface area contributed by atoms with Crippen molar-refractivity contribution in [2.45, 2.75) is 63.0 Å². The zero-order valence-electron chi connectivity index (χ0n) is 14.2. The minimum Gasteiger partial charge on any atom is -0.381 e. The summed E-state index contributed by atoms with van der Waals surface area (Å²) >= 11 is 1.90. The quantitative estimate of drug-likeness (QED) is 0.234. The molecule has 1 rings (SSSR count). The van der Waals surface area contributed by atoms with Crippen LogP contribution in [0.2, 0.25) is 0 Å². The predicted octanol–water partition coefficient (Wildman–Crippen LogP) is 3.78. The maximum atomic E-state index is 5.97. The van der Waals surface area contributed by atoms with Gasteiger partial charge in [-0.15, -0.1) is 24.0 Å². The summed E-state index contributed by atoms with van der Waals surface area (Å²) in [6, 6.07) is 0. The molecule has 1 aliphatic rings. The van der Waals surface area contributed by atoms with E-state index in [1.807, 2.05) is 11.8 Å². The molecule has 3 N–H and O–H groups in total. The predicted molar refractivity (Wildman–Crippen MR) is 110 cm³/mol. The highest BCUT2D eigenvalue weighted by molar-refractivity contribution is 14.0. The normalized spacial score (nSPS) is 17.8. The summed E-state index contributed by atoms with van der Waals surface area (Å²) in [5, 5.41) is 3.24. The van der Waals surface area contributed by atoms with E-state index in [0.717, 1.165) is 39.1 Å². The smallest absolute Gasteiger partial charge is 0.188 e. The van der Waals surface area contributed by atoms with Gasteiger partial charge in [-0.05, 0) is 25.5 Å². The average molecular weight is 443 g/mol. The second-order valence-corrected chi connectivity index (χ2v) is 7.17. The van der Waals surface area contributed by atoms with Crippen molar-refractivity contribution in [3.63, 3.8) is 0 Å². The largest absolute Gasteiger partial charge is 0.381 e. The molecule has 0 bridgehead atoms. The minimum atomic E-state index is 0. The summed E-state index contributed by atoms with van der Waals surface area (Å²) in [5.74, 6) is 0.600. The first-order valence-corrected chi connectivity index (χ1v) is 9.61. The van der Waals surface area contributed by atoms with Gasteiger partial charge in [0.05, 0.1) is 6.54 Å². The molecule has 1 saturated heterocycles. The lowest BCUT2D eigenvalue weighted by Gasteiger charge is -2.34. The third kappa shape index (κ3) is 9.45. The SMILES string of the molecule is CCCCCCCCNC(N)=NCC1(SC)CCOCC1.I. The number of unbranched alkanes of at least 4 members (excludes halogenated alkanes) is 5. The van der Waals surface area contributed by atoms with Crippen LogP contribution in [0.15, 0.2) is 4.99 Å². The first kappa shape index (κ1) is 22.3. The van der Waals surface area contributed by atoms with Crippen molar-refractivity contribution >= 4 is 41.7 Å². The van der Waals surface area contributed by atoms with Crippen LogP contribution in [-0.2, 0) is 4.74 Å². The van der Waals surface area contributed by atoms with E-state index >= 15 is 0 Å². The fourth-order valence-corrected chi connectivity index (χ4v) is 3.35. The summed E-state index contributed by atoms with van der Waals surface area (Å²) in [6.45, 7) is 5.69. The molecule has 0 aromatic carbocycles. The molecule has 0 unspecified atom stereocenters. The van der Waals surface area contributed by atoms with Crippen LogP contribution >= 0.6 is 35.7 Å². The number of guanidine groups is 1. The van der Waals surface area contributed by atoms with E-state index in [9.17, 15) is 0 Å². The van der Waals surface area contributed by atoms with Gasteiger partial charge in [0, 0.05) is 24.5 Å². The Labute approximate surface area is 157 Å². The highest BCUT2D eigenvalue weighted by atomic mass is 127. The molecule has 1 aliphatic heterocycles. The highest BCUT2D eigenvalue weighted by Gasteiger charge is 2.31. The third-order valence-electron chi connectivity index (χ3n) is 4.21. The number of thioether (sulfide) groups is 1. The molecule has 132 valence electrons. The standard InChI is InChI=1S/C16H33N3OS.HI/c1-3-4-5-6-7-8-11-18-15(17)19-14-16(21-2)9-12-20-13-10-16;/h3-14H2,1-2H3,(H3,17,18,19);1H. The molecule has 0 aromatic heterocycles. The third-order valence-corrected chi connectivity index (χ3v) is 5.61. The van der Waals surface area contributed by atoms with E-state index < -0.39 is 0 Å². The first-order chi connectivity index (χ1) is 10.2. The number of halogens is 1. The fraction of sp³-hybridized carbons (Fsp3) is 0.938. The van der Waals surface area contributed by atoms with Crippen molar-refractivity contribution < 1.29 is 4.74 Å². The van der Waals surface area contributed by atoms with Crippen molar-refractivity contribution in [3.05, 3.63) is 0 Å². The van der Waals surface area contributed by atoms with Gasteiger partial charge in [-0.3, -0.25) is 4.99 Å². The van der Waals surface area contributed by atoms with Gasteiger partial charge in [-0.25, -0.2) is 0 Å². The van der Waals surface area contributed by atoms with Crippen LogP contribution in [0, 0.1) is 0 Å². The lowest BCUT2D eigenvalue weighted by atomic mass is 9.99. The van der Waals surface area contributed by atoms with Crippen LogP contribution < -0.4 is 11.1 Å². The zero-order chi connectivity index (χ0) is 15.4. The Morgan fingerprint density at radius 3 is 2.45 bits per heavy atom. The molecule has 4 nitrogen and oxygen atoms in total. The Bertz CT molecular complexity index is 297. The Hall–Kier alpha value is 0.310. The maximum Gasteiger partial charge on any atom is 0.188 e. The molecular weight excluding hydrogens is 409 g/mol. The molecular formula is C16H34IN3OS. The number of nitrogens with two attached hydrogens (primary N) is 1. The van der Waals surface area contributed by atoms with Crippen molar-refractivity contribution in [1.29, 1.82) is 0 Å². The monoisotopic (exact) mass is 443 g/mol. The fourth-order valence-electron chi connectivity index (χ4n) is 2.58. The van der Waals surface area contributed by atoms with Crippen LogP contribution in [0.25, 0.3) is 0 Å². The second-order valence-electron chi connectivity index (χ2n) is 5.90. The van der Waals surface area contributed by atoms with E-state index in [-0.39, 0.29) is 28.7 Å². The van der Waals surface area contributed by atoms with Crippen LogP contribution in [0.1, 0.15) is 58.3 Å². The number of rotatable bonds is 10. The van der Waals surface area contributed by atoms with Crippen LogP contribution in [0.5, 0.6) is 0 Å². The molecule has 0 saturated carbocycles. The Balaban J connectivity index is 0.00000441. The highest BCUT2D eigenvalue weighted by Crippen LogP contribution is 2.33. The van der Waals surface area contributed by atoms with Crippen LogP contribution in [-0.4, -0.2) is 43.3 Å². The molecule has 0 aliphatic carbocycles. The summed E-state index contributed by atoms with van der Waals surface area (Å²) in [6.07, 6.45) is 12.1. The van der Waals surface area contributed by atoms with E-state index in [0.29, 0.717) is 5.96 Å². The van der Waals surface area contributed by atoms with Crippen LogP contribution in [0.3, 0.4) is 0 Å². The molecule has 22 heavy (non-hydrogen) atoms. The number of ether oxygens (including phenoxy) is 1. The Morgan fingerprint density at radius 1 is 1.18 bits per heavy atom. The van der Waals surface area contributed by atoms with Gasteiger partial charge in [0.25, 0.3) is 0 Å².